The molecule has 0 spiro atoms. The van der Waals surface area contributed by atoms with Gasteiger partial charge in [-0.3, -0.25) is 9.59 Å². The second kappa shape index (κ2) is 7.84. The van der Waals surface area contributed by atoms with E-state index >= 15 is 0 Å². The highest BCUT2D eigenvalue weighted by Gasteiger charge is 2.02. The maximum absolute atomic E-state index is 11.4. The number of nitrogens with one attached hydrogen (secondary N) is 1. The van der Waals surface area contributed by atoms with Gasteiger partial charge in [0.05, 0.1) is 0 Å². The molecular formula is C12H17NO3S. The van der Waals surface area contributed by atoms with E-state index in [4.69, 9.17) is 5.11 Å². The number of carboxylic acid groups (broad SMARTS) is 1. The molecule has 0 aliphatic carbocycles. The van der Waals surface area contributed by atoms with Gasteiger partial charge in [-0.15, -0.1) is 0 Å². The molecule has 5 heteroatoms. The van der Waals surface area contributed by atoms with Crippen molar-refractivity contribution >= 4 is 23.2 Å². The van der Waals surface area contributed by atoms with E-state index in [0.29, 0.717) is 19.4 Å². The van der Waals surface area contributed by atoms with Crippen molar-refractivity contribution in [3.8, 4) is 0 Å². The lowest BCUT2D eigenvalue weighted by molar-refractivity contribution is -0.137. The molecule has 1 rings (SSSR count). The number of hydrogen-bond acceptors (Lipinski definition) is 3. The average Bonchev–Trinajstić information content (AvgIpc) is 2.78. The second-order valence-electron chi connectivity index (χ2n) is 3.83. The van der Waals surface area contributed by atoms with Crippen molar-refractivity contribution in [2.24, 2.45) is 0 Å². The lowest BCUT2D eigenvalue weighted by Crippen LogP contribution is -2.24. The van der Waals surface area contributed by atoms with Crippen LogP contribution in [0.3, 0.4) is 0 Å². The van der Waals surface area contributed by atoms with Gasteiger partial charge in [0, 0.05) is 19.4 Å². The highest BCUT2D eigenvalue weighted by Crippen LogP contribution is 2.08. The van der Waals surface area contributed by atoms with E-state index in [-0.39, 0.29) is 12.3 Å². The van der Waals surface area contributed by atoms with E-state index < -0.39 is 5.97 Å². The standard InChI is InChI=1S/C12H17NO3S/c14-11(5-4-10-6-8-17-9-10)13-7-2-1-3-12(15)16/h6,8-9H,1-5,7H2,(H,13,14)(H,15,16). The molecule has 0 aromatic carbocycles. The second-order valence-corrected chi connectivity index (χ2v) is 4.61. The smallest absolute Gasteiger partial charge is 0.303 e. The number of aliphatic carboxylic acids is 1. The molecule has 0 bridgehead atoms. The summed E-state index contributed by atoms with van der Waals surface area (Å²) in [5.41, 5.74) is 1.19. The summed E-state index contributed by atoms with van der Waals surface area (Å²) in [6.45, 7) is 0.565. The van der Waals surface area contributed by atoms with Gasteiger partial charge in [-0.05, 0) is 41.7 Å². The molecule has 4 nitrogen and oxygen atoms in total. The van der Waals surface area contributed by atoms with Crippen molar-refractivity contribution in [3.05, 3.63) is 22.4 Å². The zero-order valence-corrected chi connectivity index (χ0v) is 10.5. The van der Waals surface area contributed by atoms with Crippen LogP contribution in [-0.2, 0) is 16.0 Å². The zero-order chi connectivity index (χ0) is 12.5. The molecule has 94 valence electrons. The first kappa shape index (κ1) is 13.7. The molecule has 0 radical (unpaired) electrons. The number of aryl methyl sites for hydroxylation is 1. The number of amides is 1. The summed E-state index contributed by atoms with van der Waals surface area (Å²) in [6.07, 6.45) is 2.77. The molecule has 1 aromatic rings. The average molecular weight is 255 g/mol. The maximum atomic E-state index is 11.4. The largest absolute Gasteiger partial charge is 0.481 e. The number of unbranched alkanes of at least 4 members (excludes halogenated alkanes) is 1. The van der Waals surface area contributed by atoms with Crippen molar-refractivity contribution in [2.75, 3.05) is 6.54 Å². The van der Waals surface area contributed by atoms with E-state index in [0.717, 1.165) is 12.8 Å². The third-order valence-corrected chi connectivity index (χ3v) is 3.09. The van der Waals surface area contributed by atoms with Crippen molar-refractivity contribution < 1.29 is 14.7 Å². The van der Waals surface area contributed by atoms with Crippen LogP contribution in [0.15, 0.2) is 16.8 Å². The number of thiophene rings is 1. The quantitative estimate of drug-likeness (QED) is 0.699. The molecule has 2 N–H and O–H groups in total. The van der Waals surface area contributed by atoms with Gasteiger partial charge < -0.3 is 10.4 Å². The van der Waals surface area contributed by atoms with Crippen LogP contribution in [0.4, 0.5) is 0 Å². The fraction of sp³-hybridized carbons (Fsp3) is 0.500. The van der Waals surface area contributed by atoms with Crippen LogP contribution < -0.4 is 5.32 Å². The summed E-state index contributed by atoms with van der Waals surface area (Å²) in [6, 6.07) is 2.02. The molecule has 1 amide bonds. The maximum Gasteiger partial charge on any atom is 0.303 e. The van der Waals surface area contributed by atoms with Crippen molar-refractivity contribution in [1.29, 1.82) is 0 Å². The Morgan fingerprint density at radius 3 is 2.76 bits per heavy atom. The van der Waals surface area contributed by atoms with Crippen molar-refractivity contribution in [2.45, 2.75) is 32.1 Å². The van der Waals surface area contributed by atoms with Gasteiger partial charge in [-0.2, -0.15) is 11.3 Å². The highest BCUT2D eigenvalue weighted by molar-refractivity contribution is 7.07. The molecule has 0 aliphatic rings. The van der Waals surface area contributed by atoms with E-state index in [1.54, 1.807) is 11.3 Å². The summed E-state index contributed by atoms with van der Waals surface area (Å²) in [4.78, 5) is 21.7. The van der Waals surface area contributed by atoms with Gasteiger partial charge in [0.1, 0.15) is 0 Å². The van der Waals surface area contributed by atoms with E-state index in [9.17, 15) is 9.59 Å². The predicted octanol–water partition coefficient (Wildman–Crippen LogP) is 2.05. The van der Waals surface area contributed by atoms with Crippen LogP contribution in [0.2, 0.25) is 0 Å². The van der Waals surface area contributed by atoms with E-state index in [1.165, 1.54) is 5.56 Å². The number of carbonyl (C=O) groups excluding carboxylic acids is 1. The monoisotopic (exact) mass is 255 g/mol. The Bertz CT molecular complexity index is 349. The summed E-state index contributed by atoms with van der Waals surface area (Å²) in [5, 5.41) is 15.3. The summed E-state index contributed by atoms with van der Waals surface area (Å²) in [7, 11) is 0. The Morgan fingerprint density at radius 1 is 1.29 bits per heavy atom. The van der Waals surface area contributed by atoms with E-state index in [1.807, 2.05) is 16.8 Å². The molecule has 0 saturated heterocycles. The Hall–Kier alpha value is -1.36. The zero-order valence-electron chi connectivity index (χ0n) is 9.65. The van der Waals surface area contributed by atoms with Crippen molar-refractivity contribution in [3.63, 3.8) is 0 Å². The first-order chi connectivity index (χ1) is 8.18. The topological polar surface area (TPSA) is 66.4 Å². The number of rotatable bonds is 8. The molecule has 0 atom stereocenters. The molecule has 0 aliphatic heterocycles. The molecule has 0 unspecified atom stereocenters. The van der Waals surface area contributed by atoms with Crippen LogP contribution in [0.5, 0.6) is 0 Å². The lowest BCUT2D eigenvalue weighted by atomic mass is 10.2. The minimum atomic E-state index is -0.784. The van der Waals surface area contributed by atoms with E-state index in [2.05, 4.69) is 5.32 Å². The summed E-state index contributed by atoms with van der Waals surface area (Å²) >= 11 is 1.63. The Morgan fingerprint density at radius 2 is 2.12 bits per heavy atom. The normalized spacial score (nSPS) is 10.1. The van der Waals surface area contributed by atoms with Gasteiger partial charge in [0.25, 0.3) is 0 Å². The SMILES string of the molecule is O=C(O)CCCCNC(=O)CCc1ccsc1. The number of carbonyl (C=O) groups is 2. The fourth-order valence-corrected chi connectivity index (χ4v) is 2.11. The third-order valence-electron chi connectivity index (χ3n) is 2.36. The first-order valence-electron chi connectivity index (χ1n) is 5.68. The first-order valence-corrected chi connectivity index (χ1v) is 6.62. The Kier molecular flexibility index (Phi) is 6.32. The van der Waals surface area contributed by atoms with Crippen LogP contribution in [0.1, 0.15) is 31.2 Å². The molecule has 17 heavy (non-hydrogen) atoms. The predicted molar refractivity (Wildman–Crippen MR) is 67.1 cm³/mol. The van der Waals surface area contributed by atoms with Crippen LogP contribution in [-0.4, -0.2) is 23.5 Å². The molecular weight excluding hydrogens is 238 g/mol. The fourth-order valence-electron chi connectivity index (χ4n) is 1.41. The molecule has 0 saturated carbocycles. The van der Waals surface area contributed by atoms with Gasteiger partial charge in [0.15, 0.2) is 0 Å². The van der Waals surface area contributed by atoms with Crippen LogP contribution in [0.25, 0.3) is 0 Å². The minimum absolute atomic E-state index is 0.0338. The van der Waals surface area contributed by atoms with Gasteiger partial charge in [-0.25, -0.2) is 0 Å². The molecule has 0 fully saturated rings. The molecule has 1 aromatic heterocycles. The highest BCUT2D eigenvalue weighted by atomic mass is 32.1. The summed E-state index contributed by atoms with van der Waals surface area (Å²) < 4.78 is 0. The van der Waals surface area contributed by atoms with Gasteiger partial charge in [0.2, 0.25) is 5.91 Å². The van der Waals surface area contributed by atoms with Crippen LogP contribution >= 0.6 is 11.3 Å². The number of carboxylic acids is 1. The van der Waals surface area contributed by atoms with Gasteiger partial charge >= 0.3 is 5.97 Å². The third kappa shape index (κ3) is 6.73. The number of hydrogen-bond donors (Lipinski definition) is 2. The molecule has 1 heterocycles. The van der Waals surface area contributed by atoms with Crippen LogP contribution in [0, 0.1) is 0 Å². The lowest BCUT2D eigenvalue weighted by Gasteiger charge is -2.03. The minimum Gasteiger partial charge on any atom is -0.481 e. The van der Waals surface area contributed by atoms with Crippen molar-refractivity contribution in [1.82, 2.24) is 5.32 Å². The Balaban J connectivity index is 2.00. The Labute approximate surface area is 105 Å². The van der Waals surface area contributed by atoms with Gasteiger partial charge in [-0.1, -0.05) is 0 Å². The summed E-state index contributed by atoms with van der Waals surface area (Å²) in [5.74, 6) is -0.750.